The van der Waals surface area contributed by atoms with Gasteiger partial charge in [-0.05, 0) is 12.1 Å². The summed E-state index contributed by atoms with van der Waals surface area (Å²) in [6.07, 6.45) is 12.6. The van der Waals surface area contributed by atoms with Gasteiger partial charge in [0, 0.05) is 41.8 Å². The van der Waals surface area contributed by atoms with Crippen molar-refractivity contribution in [3.8, 4) is 17.1 Å². The van der Waals surface area contributed by atoms with E-state index in [4.69, 9.17) is 8.83 Å². The molecule has 6 heteroatoms. The van der Waals surface area contributed by atoms with Gasteiger partial charge in [0.15, 0.2) is 5.76 Å². The lowest BCUT2D eigenvalue weighted by Crippen LogP contribution is -1.87. The van der Waals surface area contributed by atoms with Crippen LogP contribution in [0, 0.1) is 0 Å². The minimum atomic E-state index is 0.764. The highest BCUT2D eigenvalue weighted by atomic mass is 16.3. The van der Waals surface area contributed by atoms with Crippen molar-refractivity contribution in [3.63, 3.8) is 0 Å². The summed E-state index contributed by atoms with van der Waals surface area (Å²) in [4.78, 5) is 8.47. The van der Waals surface area contributed by atoms with Crippen molar-refractivity contribution < 1.29 is 8.83 Å². The number of furan rings is 2. The van der Waals surface area contributed by atoms with Crippen LogP contribution < -0.4 is 0 Å². The van der Waals surface area contributed by atoms with Crippen molar-refractivity contribution in [2.75, 3.05) is 0 Å². The SMILES string of the molecule is Cn1cnc(-c2occ3cc4occ(-n5ccnc5)c4cc23)c1. The number of hydrogen-bond donors (Lipinski definition) is 0. The summed E-state index contributed by atoms with van der Waals surface area (Å²) in [5.74, 6) is 0.764. The Labute approximate surface area is 130 Å². The third-order valence-electron chi connectivity index (χ3n) is 3.99. The average Bonchev–Trinajstić information content (AvgIpc) is 3.30. The number of hydrogen-bond acceptors (Lipinski definition) is 4. The Morgan fingerprint density at radius 3 is 2.78 bits per heavy atom. The van der Waals surface area contributed by atoms with Crippen molar-refractivity contribution in [1.29, 1.82) is 0 Å². The molecule has 6 nitrogen and oxygen atoms in total. The van der Waals surface area contributed by atoms with Gasteiger partial charge >= 0.3 is 0 Å². The lowest BCUT2D eigenvalue weighted by atomic mass is 10.1. The summed E-state index contributed by atoms with van der Waals surface area (Å²) >= 11 is 0. The van der Waals surface area contributed by atoms with Crippen LogP contribution in [0.3, 0.4) is 0 Å². The summed E-state index contributed by atoms with van der Waals surface area (Å²) in [6, 6.07) is 4.07. The summed E-state index contributed by atoms with van der Waals surface area (Å²) in [5, 5.41) is 3.01. The second-order valence-electron chi connectivity index (χ2n) is 5.52. The lowest BCUT2D eigenvalue weighted by Gasteiger charge is -1.98. The maximum atomic E-state index is 5.75. The second-order valence-corrected chi connectivity index (χ2v) is 5.52. The first-order chi connectivity index (χ1) is 11.3. The number of imidazole rings is 2. The lowest BCUT2D eigenvalue weighted by molar-refractivity contribution is 0.585. The van der Waals surface area contributed by atoms with E-state index in [0.717, 1.165) is 38.9 Å². The van der Waals surface area contributed by atoms with Crippen molar-refractivity contribution in [1.82, 2.24) is 19.1 Å². The Morgan fingerprint density at radius 2 is 2.00 bits per heavy atom. The number of rotatable bonds is 2. The Hall–Kier alpha value is -3.28. The van der Waals surface area contributed by atoms with Crippen LogP contribution in [0.2, 0.25) is 0 Å². The molecule has 0 spiro atoms. The highest BCUT2D eigenvalue weighted by Gasteiger charge is 2.15. The smallest absolute Gasteiger partial charge is 0.161 e. The molecule has 0 aliphatic heterocycles. The van der Waals surface area contributed by atoms with Gasteiger partial charge in [-0.2, -0.15) is 0 Å². The molecular weight excluding hydrogens is 292 g/mol. The van der Waals surface area contributed by atoms with Gasteiger partial charge in [-0.25, -0.2) is 9.97 Å². The highest BCUT2D eigenvalue weighted by molar-refractivity contribution is 6.04. The predicted octanol–water partition coefficient (Wildman–Crippen LogP) is 3.77. The zero-order valence-corrected chi connectivity index (χ0v) is 12.3. The van der Waals surface area contributed by atoms with E-state index in [1.54, 1.807) is 31.4 Å². The van der Waals surface area contributed by atoms with E-state index >= 15 is 0 Å². The summed E-state index contributed by atoms with van der Waals surface area (Å²) < 4.78 is 15.3. The first kappa shape index (κ1) is 12.3. The Balaban J connectivity index is 1.80. The first-order valence-electron chi connectivity index (χ1n) is 7.19. The molecule has 4 heterocycles. The Kier molecular flexibility index (Phi) is 2.33. The molecule has 112 valence electrons. The molecule has 1 aromatic carbocycles. The fraction of sp³-hybridized carbons (Fsp3) is 0.0588. The molecule has 0 atom stereocenters. The van der Waals surface area contributed by atoms with Crippen LogP contribution in [0.25, 0.3) is 38.9 Å². The summed E-state index contributed by atoms with van der Waals surface area (Å²) in [6.45, 7) is 0. The minimum absolute atomic E-state index is 0.764. The molecule has 0 aliphatic rings. The summed E-state index contributed by atoms with van der Waals surface area (Å²) in [5.41, 5.74) is 2.58. The van der Waals surface area contributed by atoms with Crippen molar-refractivity contribution in [2.45, 2.75) is 0 Å². The van der Waals surface area contributed by atoms with Crippen molar-refractivity contribution in [2.24, 2.45) is 7.05 Å². The van der Waals surface area contributed by atoms with Gasteiger partial charge in [-0.15, -0.1) is 0 Å². The molecule has 0 aliphatic carbocycles. The van der Waals surface area contributed by atoms with Crippen LogP contribution in [-0.2, 0) is 7.05 Å². The number of fused-ring (bicyclic) bond motifs is 2. The average molecular weight is 304 g/mol. The number of aromatic nitrogens is 4. The van der Waals surface area contributed by atoms with E-state index in [-0.39, 0.29) is 0 Å². The first-order valence-corrected chi connectivity index (χ1v) is 7.19. The third-order valence-corrected chi connectivity index (χ3v) is 3.99. The normalized spacial score (nSPS) is 11.7. The number of nitrogens with zero attached hydrogens (tertiary/aromatic N) is 4. The molecule has 5 aromatic rings. The van der Waals surface area contributed by atoms with E-state index in [2.05, 4.69) is 16.0 Å². The largest absolute Gasteiger partial charge is 0.462 e. The van der Waals surface area contributed by atoms with Crippen molar-refractivity contribution in [3.05, 3.63) is 55.9 Å². The van der Waals surface area contributed by atoms with Crippen LogP contribution in [0.4, 0.5) is 0 Å². The summed E-state index contributed by atoms with van der Waals surface area (Å²) in [7, 11) is 1.94. The zero-order chi connectivity index (χ0) is 15.4. The standard InChI is InChI=1S/C17H12N4O2/c1-20-6-14(19-10-20)17-12-5-13-15(21-3-2-18-9-21)8-22-16(13)4-11(12)7-23-17/h2-10H,1H3. The molecule has 0 fully saturated rings. The molecule has 23 heavy (non-hydrogen) atoms. The monoisotopic (exact) mass is 304 g/mol. The van der Waals surface area contributed by atoms with E-state index in [1.165, 1.54) is 0 Å². The van der Waals surface area contributed by atoms with E-state index < -0.39 is 0 Å². The quantitative estimate of drug-likeness (QED) is 0.498. The predicted molar refractivity (Wildman–Crippen MR) is 85.3 cm³/mol. The maximum absolute atomic E-state index is 5.75. The van der Waals surface area contributed by atoms with Crippen LogP contribution in [0.5, 0.6) is 0 Å². The van der Waals surface area contributed by atoms with Gasteiger partial charge in [0.25, 0.3) is 0 Å². The molecule has 0 radical (unpaired) electrons. The minimum Gasteiger partial charge on any atom is -0.462 e. The molecule has 5 rings (SSSR count). The third kappa shape index (κ3) is 1.75. The van der Waals surface area contributed by atoms with Crippen LogP contribution in [0.15, 0.2) is 64.7 Å². The van der Waals surface area contributed by atoms with Crippen LogP contribution >= 0.6 is 0 Å². The molecule has 0 amide bonds. The van der Waals surface area contributed by atoms with Gasteiger partial charge in [-0.1, -0.05) is 0 Å². The van der Waals surface area contributed by atoms with E-state index in [1.807, 2.05) is 34.6 Å². The van der Waals surface area contributed by atoms with Crippen LogP contribution in [-0.4, -0.2) is 19.1 Å². The molecule has 0 saturated carbocycles. The van der Waals surface area contributed by atoms with Gasteiger partial charge in [0.1, 0.15) is 17.5 Å². The van der Waals surface area contributed by atoms with Crippen LogP contribution in [0.1, 0.15) is 0 Å². The Bertz CT molecular complexity index is 1130. The molecular formula is C17H12N4O2. The van der Waals surface area contributed by atoms with Gasteiger partial charge in [0.05, 0.1) is 24.6 Å². The fourth-order valence-corrected chi connectivity index (χ4v) is 2.89. The topological polar surface area (TPSA) is 61.9 Å². The van der Waals surface area contributed by atoms with Crippen molar-refractivity contribution >= 4 is 21.7 Å². The van der Waals surface area contributed by atoms with E-state index in [0.29, 0.717) is 0 Å². The molecule has 4 aromatic heterocycles. The number of aryl methyl sites for hydroxylation is 1. The highest BCUT2D eigenvalue weighted by Crippen LogP contribution is 2.35. The Morgan fingerprint density at radius 1 is 1.04 bits per heavy atom. The fourth-order valence-electron chi connectivity index (χ4n) is 2.89. The second kappa shape index (κ2) is 4.36. The molecule has 0 N–H and O–H groups in total. The van der Waals surface area contributed by atoms with Gasteiger partial charge < -0.3 is 18.0 Å². The zero-order valence-electron chi connectivity index (χ0n) is 12.3. The van der Waals surface area contributed by atoms with Gasteiger partial charge in [0.2, 0.25) is 0 Å². The number of benzene rings is 1. The molecule has 0 unspecified atom stereocenters. The molecule has 0 saturated heterocycles. The maximum Gasteiger partial charge on any atom is 0.161 e. The van der Waals surface area contributed by atoms with Gasteiger partial charge in [-0.3, -0.25) is 0 Å². The van der Waals surface area contributed by atoms with E-state index in [9.17, 15) is 0 Å². The molecule has 0 bridgehead atoms.